The van der Waals surface area contributed by atoms with Gasteiger partial charge in [-0.05, 0) is 36.8 Å². The van der Waals surface area contributed by atoms with Crippen LogP contribution in [0, 0.1) is 6.92 Å². The van der Waals surface area contributed by atoms with Gasteiger partial charge in [0.1, 0.15) is 17.2 Å². The van der Waals surface area contributed by atoms with Gasteiger partial charge >= 0.3 is 0 Å². The Balaban J connectivity index is 1.99. The first-order valence-corrected chi connectivity index (χ1v) is 6.50. The Hall–Kier alpha value is -2.20. The number of ether oxygens (including phenoxy) is 1. The van der Waals surface area contributed by atoms with Crippen LogP contribution in [-0.4, -0.2) is 21.9 Å². The largest absolute Gasteiger partial charge is 0.508 e. The van der Waals surface area contributed by atoms with Gasteiger partial charge < -0.3 is 20.1 Å². The summed E-state index contributed by atoms with van der Waals surface area (Å²) in [5.74, 6) is 0.736. The maximum Gasteiger partial charge on any atom is 0.131 e. The Kier molecular flexibility index (Phi) is 3.03. The van der Waals surface area contributed by atoms with Gasteiger partial charge in [0, 0.05) is 17.0 Å². The van der Waals surface area contributed by atoms with Crippen molar-refractivity contribution >= 4 is 0 Å². The van der Waals surface area contributed by atoms with E-state index >= 15 is 0 Å². The smallest absolute Gasteiger partial charge is 0.131 e. The molecule has 0 unspecified atom stereocenters. The van der Waals surface area contributed by atoms with E-state index < -0.39 is 6.10 Å². The van der Waals surface area contributed by atoms with Crippen LogP contribution in [0.3, 0.4) is 0 Å². The van der Waals surface area contributed by atoms with E-state index in [0.717, 1.165) is 5.56 Å². The van der Waals surface area contributed by atoms with Gasteiger partial charge in [0.15, 0.2) is 0 Å². The first-order valence-electron chi connectivity index (χ1n) is 6.50. The highest BCUT2D eigenvalue weighted by Crippen LogP contribution is 2.44. The number of phenolic OH excluding ortho intramolecular Hbond substituents is 2. The molecule has 20 heavy (non-hydrogen) atoms. The molecule has 2 atom stereocenters. The molecule has 0 aromatic heterocycles. The average molecular weight is 272 g/mol. The lowest BCUT2D eigenvalue weighted by molar-refractivity contribution is 0.0881. The van der Waals surface area contributed by atoms with Crippen molar-refractivity contribution in [1.29, 1.82) is 0 Å². The maximum absolute atomic E-state index is 10.5. The van der Waals surface area contributed by atoms with E-state index in [4.69, 9.17) is 4.74 Å². The number of rotatable bonds is 1. The van der Waals surface area contributed by atoms with Gasteiger partial charge in [-0.15, -0.1) is 0 Å². The molecule has 1 aliphatic rings. The van der Waals surface area contributed by atoms with Crippen molar-refractivity contribution in [3.8, 4) is 17.2 Å². The van der Waals surface area contributed by atoms with Gasteiger partial charge in [-0.3, -0.25) is 0 Å². The molecule has 0 fully saturated rings. The molecular weight excluding hydrogens is 256 g/mol. The molecule has 0 amide bonds. The molecule has 104 valence electrons. The van der Waals surface area contributed by atoms with Crippen LogP contribution in [0.4, 0.5) is 0 Å². The van der Waals surface area contributed by atoms with Crippen molar-refractivity contribution in [2.75, 3.05) is 6.61 Å². The molecule has 1 heterocycles. The number of aromatic hydroxyl groups is 2. The summed E-state index contributed by atoms with van der Waals surface area (Å²) in [6, 6.07) is 10.0. The minimum absolute atomic E-state index is 0.166. The summed E-state index contributed by atoms with van der Waals surface area (Å²) in [4.78, 5) is 0. The topological polar surface area (TPSA) is 69.9 Å². The van der Waals surface area contributed by atoms with E-state index in [9.17, 15) is 15.3 Å². The zero-order valence-electron chi connectivity index (χ0n) is 11.1. The van der Waals surface area contributed by atoms with E-state index in [1.54, 1.807) is 43.3 Å². The fourth-order valence-electron chi connectivity index (χ4n) is 2.61. The lowest BCUT2D eigenvalue weighted by Crippen LogP contribution is -2.24. The molecule has 4 nitrogen and oxygen atoms in total. The van der Waals surface area contributed by atoms with E-state index in [0.29, 0.717) is 23.5 Å². The third-order valence-corrected chi connectivity index (χ3v) is 3.84. The van der Waals surface area contributed by atoms with Crippen LogP contribution >= 0.6 is 0 Å². The molecule has 4 heteroatoms. The van der Waals surface area contributed by atoms with Crippen molar-refractivity contribution in [3.05, 3.63) is 53.1 Å². The highest BCUT2D eigenvalue weighted by molar-refractivity contribution is 5.51. The van der Waals surface area contributed by atoms with Gasteiger partial charge in [-0.2, -0.15) is 0 Å². The van der Waals surface area contributed by atoms with E-state index in [1.807, 2.05) is 0 Å². The summed E-state index contributed by atoms with van der Waals surface area (Å²) in [5, 5.41) is 29.5. The molecule has 3 N–H and O–H groups in total. The minimum atomic E-state index is -0.692. The lowest BCUT2D eigenvalue weighted by atomic mass is 9.86. The predicted octanol–water partition coefficient (Wildman–Crippen LogP) is 2.62. The van der Waals surface area contributed by atoms with Crippen LogP contribution in [0.5, 0.6) is 17.2 Å². The van der Waals surface area contributed by atoms with Crippen molar-refractivity contribution in [2.24, 2.45) is 0 Å². The summed E-state index contributed by atoms with van der Waals surface area (Å²) < 4.78 is 5.72. The fourth-order valence-corrected chi connectivity index (χ4v) is 2.61. The van der Waals surface area contributed by atoms with Crippen molar-refractivity contribution < 1.29 is 20.1 Å². The molecule has 0 bridgehead atoms. The second-order valence-electron chi connectivity index (χ2n) is 5.08. The zero-order valence-corrected chi connectivity index (χ0v) is 11.1. The summed E-state index contributed by atoms with van der Waals surface area (Å²) >= 11 is 0. The quantitative estimate of drug-likeness (QED) is 0.746. The molecule has 0 saturated carbocycles. The van der Waals surface area contributed by atoms with Crippen molar-refractivity contribution in [1.82, 2.24) is 0 Å². The van der Waals surface area contributed by atoms with Gasteiger partial charge in [0.2, 0.25) is 0 Å². The van der Waals surface area contributed by atoms with Crippen LogP contribution in [-0.2, 0) is 0 Å². The zero-order chi connectivity index (χ0) is 14.3. The molecule has 2 aromatic rings. The maximum atomic E-state index is 10.5. The highest BCUT2D eigenvalue weighted by Gasteiger charge is 2.32. The summed E-state index contributed by atoms with van der Waals surface area (Å²) in [6.45, 7) is 2.10. The number of phenols is 2. The van der Waals surface area contributed by atoms with Gasteiger partial charge in [-0.1, -0.05) is 12.1 Å². The molecule has 3 rings (SSSR count). The van der Waals surface area contributed by atoms with E-state index in [1.165, 1.54) is 0 Å². The second kappa shape index (κ2) is 4.72. The Bertz CT molecular complexity index is 634. The number of fused-ring (bicyclic) bond motifs is 1. The highest BCUT2D eigenvalue weighted by atomic mass is 16.5. The molecule has 0 aliphatic carbocycles. The van der Waals surface area contributed by atoms with Gasteiger partial charge in [0.25, 0.3) is 0 Å². The molecule has 2 aromatic carbocycles. The lowest BCUT2D eigenvalue weighted by Gasteiger charge is -2.31. The number of aliphatic hydroxyl groups excluding tert-OH is 1. The van der Waals surface area contributed by atoms with Gasteiger partial charge in [0.05, 0.1) is 12.7 Å². The van der Waals surface area contributed by atoms with Crippen molar-refractivity contribution in [3.63, 3.8) is 0 Å². The first-order chi connectivity index (χ1) is 9.58. The number of benzene rings is 2. The monoisotopic (exact) mass is 272 g/mol. The SMILES string of the molecule is Cc1c(O)ccc2c1OC[C@@H](c1ccc(O)cc1)[C@@H]2O. The third kappa shape index (κ3) is 1.98. The van der Waals surface area contributed by atoms with E-state index in [-0.39, 0.29) is 17.4 Å². The summed E-state index contributed by atoms with van der Waals surface area (Å²) in [6.07, 6.45) is -0.692. The number of hydrogen-bond acceptors (Lipinski definition) is 4. The Morgan fingerprint density at radius 2 is 1.75 bits per heavy atom. The Morgan fingerprint density at radius 1 is 1.05 bits per heavy atom. The van der Waals surface area contributed by atoms with Crippen LogP contribution < -0.4 is 4.74 Å². The predicted molar refractivity (Wildman–Crippen MR) is 74.1 cm³/mol. The molecule has 0 spiro atoms. The normalized spacial score (nSPS) is 21.1. The standard InChI is InChI=1S/C16H16O4/c1-9-14(18)7-6-12-15(19)13(8-20-16(9)12)10-2-4-11(17)5-3-10/h2-7,13,15,17-19H,8H2,1H3/t13-,15+/m0/s1. The molecule has 1 aliphatic heterocycles. The Labute approximate surface area is 116 Å². The summed E-state index contributed by atoms with van der Waals surface area (Å²) in [5.41, 5.74) is 2.24. The molecule has 0 radical (unpaired) electrons. The number of aliphatic hydroxyl groups is 1. The van der Waals surface area contributed by atoms with Crippen LogP contribution in [0.1, 0.15) is 28.7 Å². The summed E-state index contributed by atoms with van der Waals surface area (Å²) in [7, 11) is 0. The first kappa shape index (κ1) is 12.8. The fraction of sp³-hybridized carbons (Fsp3) is 0.250. The molecular formula is C16H16O4. The van der Waals surface area contributed by atoms with Crippen LogP contribution in [0.25, 0.3) is 0 Å². The number of hydrogen-bond donors (Lipinski definition) is 3. The molecule has 0 saturated heterocycles. The van der Waals surface area contributed by atoms with Crippen molar-refractivity contribution in [2.45, 2.75) is 18.9 Å². The minimum Gasteiger partial charge on any atom is -0.508 e. The van der Waals surface area contributed by atoms with Crippen LogP contribution in [0.2, 0.25) is 0 Å². The second-order valence-corrected chi connectivity index (χ2v) is 5.08. The van der Waals surface area contributed by atoms with Gasteiger partial charge in [-0.25, -0.2) is 0 Å². The third-order valence-electron chi connectivity index (χ3n) is 3.84. The average Bonchev–Trinajstić information content (AvgIpc) is 2.45. The van der Waals surface area contributed by atoms with Crippen LogP contribution in [0.15, 0.2) is 36.4 Å². The Morgan fingerprint density at radius 3 is 2.45 bits per heavy atom. The van der Waals surface area contributed by atoms with E-state index in [2.05, 4.69) is 0 Å².